The first-order valence-electron chi connectivity index (χ1n) is 4.88. The SMILES string of the molecule is COc1cc(N)cc(NC(C)(C)C(N)=O)c1. The van der Waals surface area contributed by atoms with Gasteiger partial charge >= 0.3 is 0 Å². The number of nitrogens with two attached hydrogens (primary N) is 2. The summed E-state index contributed by atoms with van der Waals surface area (Å²) >= 11 is 0. The van der Waals surface area contributed by atoms with Gasteiger partial charge < -0.3 is 21.5 Å². The minimum atomic E-state index is -0.835. The average Bonchev–Trinajstić information content (AvgIpc) is 2.15. The van der Waals surface area contributed by atoms with E-state index < -0.39 is 11.4 Å². The zero-order valence-electron chi connectivity index (χ0n) is 9.70. The molecule has 1 amide bonds. The number of primary amides is 1. The lowest BCUT2D eigenvalue weighted by molar-refractivity contribution is -0.121. The van der Waals surface area contributed by atoms with Gasteiger partial charge in [-0.15, -0.1) is 0 Å². The van der Waals surface area contributed by atoms with Crippen LogP contribution < -0.4 is 21.5 Å². The second-order valence-corrected chi connectivity index (χ2v) is 4.11. The summed E-state index contributed by atoms with van der Waals surface area (Å²) < 4.78 is 5.07. The lowest BCUT2D eigenvalue weighted by atomic mass is 10.0. The van der Waals surface area contributed by atoms with Crippen molar-refractivity contribution in [1.82, 2.24) is 0 Å². The van der Waals surface area contributed by atoms with Gasteiger partial charge in [0, 0.05) is 23.5 Å². The Kier molecular flexibility index (Phi) is 3.27. The molecule has 1 rings (SSSR count). The van der Waals surface area contributed by atoms with Crippen LogP contribution in [0.2, 0.25) is 0 Å². The van der Waals surface area contributed by atoms with E-state index in [1.165, 1.54) is 0 Å². The van der Waals surface area contributed by atoms with E-state index in [-0.39, 0.29) is 0 Å². The van der Waals surface area contributed by atoms with Crippen molar-refractivity contribution in [2.75, 3.05) is 18.2 Å². The largest absolute Gasteiger partial charge is 0.497 e. The maximum Gasteiger partial charge on any atom is 0.242 e. The molecule has 0 aliphatic rings. The van der Waals surface area contributed by atoms with E-state index in [4.69, 9.17) is 16.2 Å². The standard InChI is InChI=1S/C11H17N3O2/c1-11(2,10(13)15)14-8-4-7(12)5-9(6-8)16-3/h4-6,14H,12H2,1-3H3,(H2,13,15). The first kappa shape index (κ1) is 12.2. The van der Waals surface area contributed by atoms with Crippen molar-refractivity contribution in [3.63, 3.8) is 0 Å². The molecule has 0 spiro atoms. The first-order valence-corrected chi connectivity index (χ1v) is 4.88. The van der Waals surface area contributed by atoms with Crippen LogP contribution in [0, 0.1) is 0 Å². The summed E-state index contributed by atoms with van der Waals surface area (Å²) in [7, 11) is 1.55. The lowest BCUT2D eigenvalue weighted by Gasteiger charge is -2.24. The number of carbonyl (C=O) groups excluding carboxylic acids is 1. The van der Waals surface area contributed by atoms with Gasteiger partial charge in [-0.2, -0.15) is 0 Å². The van der Waals surface area contributed by atoms with Crippen molar-refractivity contribution in [2.45, 2.75) is 19.4 Å². The maximum atomic E-state index is 11.2. The number of nitrogen functional groups attached to an aromatic ring is 1. The van der Waals surface area contributed by atoms with Crippen molar-refractivity contribution >= 4 is 17.3 Å². The van der Waals surface area contributed by atoms with Crippen LogP contribution >= 0.6 is 0 Å². The number of methoxy groups -OCH3 is 1. The first-order chi connectivity index (χ1) is 7.35. The van der Waals surface area contributed by atoms with E-state index >= 15 is 0 Å². The molecule has 5 heteroatoms. The highest BCUT2D eigenvalue weighted by molar-refractivity contribution is 5.87. The van der Waals surface area contributed by atoms with Crippen LogP contribution in [0.25, 0.3) is 0 Å². The number of carbonyl (C=O) groups is 1. The van der Waals surface area contributed by atoms with Gasteiger partial charge in [-0.1, -0.05) is 0 Å². The molecule has 0 unspecified atom stereocenters. The second-order valence-electron chi connectivity index (χ2n) is 4.11. The highest BCUT2D eigenvalue weighted by atomic mass is 16.5. The van der Waals surface area contributed by atoms with Gasteiger partial charge in [0.2, 0.25) is 5.91 Å². The van der Waals surface area contributed by atoms with Crippen LogP contribution in [0.3, 0.4) is 0 Å². The van der Waals surface area contributed by atoms with Crippen LogP contribution in [0.4, 0.5) is 11.4 Å². The Hall–Kier alpha value is -1.91. The van der Waals surface area contributed by atoms with Crippen molar-refractivity contribution < 1.29 is 9.53 Å². The monoisotopic (exact) mass is 223 g/mol. The molecular formula is C11H17N3O2. The summed E-state index contributed by atoms with van der Waals surface area (Å²) in [5, 5.41) is 3.00. The van der Waals surface area contributed by atoms with Gasteiger partial charge in [-0.3, -0.25) is 4.79 Å². The Morgan fingerprint density at radius 1 is 1.38 bits per heavy atom. The number of ether oxygens (including phenoxy) is 1. The van der Waals surface area contributed by atoms with Gasteiger partial charge in [-0.25, -0.2) is 0 Å². The third-order valence-corrected chi connectivity index (χ3v) is 2.24. The molecule has 0 radical (unpaired) electrons. The average molecular weight is 223 g/mol. The van der Waals surface area contributed by atoms with Gasteiger partial charge in [0.15, 0.2) is 0 Å². The molecule has 0 heterocycles. The Morgan fingerprint density at radius 3 is 2.50 bits per heavy atom. The normalized spacial score (nSPS) is 10.9. The van der Waals surface area contributed by atoms with Gasteiger partial charge in [0.25, 0.3) is 0 Å². The van der Waals surface area contributed by atoms with Crippen LogP contribution in [-0.2, 0) is 4.79 Å². The third-order valence-electron chi connectivity index (χ3n) is 2.24. The summed E-state index contributed by atoms with van der Waals surface area (Å²) in [5.74, 6) is 0.191. The molecule has 0 saturated carbocycles. The van der Waals surface area contributed by atoms with Crippen LogP contribution in [-0.4, -0.2) is 18.6 Å². The fourth-order valence-corrected chi connectivity index (χ4v) is 1.23. The summed E-state index contributed by atoms with van der Waals surface area (Å²) in [6.45, 7) is 3.40. The van der Waals surface area contributed by atoms with E-state index in [0.29, 0.717) is 17.1 Å². The van der Waals surface area contributed by atoms with E-state index in [1.54, 1.807) is 39.2 Å². The van der Waals surface area contributed by atoms with Crippen LogP contribution in [0.5, 0.6) is 5.75 Å². The molecule has 1 aromatic rings. The molecule has 0 aliphatic heterocycles. The molecule has 0 saturated heterocycles. The van der Waals surface area contributed by atoms with Gasteiger partial charge in [0.1, 0.15) is 11.3 Å². The lowest BCUT2D eigenvalue weighted by Crippen LogP contribution is -2.45. The predicted molar refractivity (Wildman–Crippen MR) is 64.3 cm³/mol. The molecule has 0 atom stereocenters. The molecule has 88 valence electrons. The number of nitrogens with one attached hydrogen (secondary N) is 1. The van der Waals surface area contributed by atoms with Crippen LogP contribution in [0.15, 0.2) is 18.2 Å². The predicted octanol–water partition coefficient (Wildman–Crippen LogP) is 0.953. The Labute approximate surface area is 94.8 Å². The number of amides is 1. The molecule has 5 N–H and O–H groups in total. The highest BCUT2D eigenvalue weighted by Gasteiger charge is 2.24. The number of anilines is 2. The quantitative estimate of drug-likeness (QED) is 0.663. The van der Waals surface area contributed by atoms with Crippen molar-refractivity contribution in [3.8, 4) is 5.75 Å². The van der Waals surface area contributed by atoms with Crippen molar-refractivity contribution in [2.24, 2.45) is 5.73 Å². The van der Waals surface area contributed by atoms with Gasteiger partial charge in [0.05, 0.1) is 7.11 Å². The Morgan fingerprint density at radius 2 is 2.00 bits per heavy atom. The number of hydrogen-bond donors (Lipinski definition) is 3. The zero-order chi connectivity index (χ0) is 12.3. The molecule has 0 fully saturated rings. The smallest absolute Gasteiger partial charge is 0.242 e. The minimum absolute atomic E-state index is 0.436. The molecule has 16 heavy (non-hydrogen) atoms. The molecule has 0 aromatic heterocycles. The van der Waals surface area contributed by atoms with Crippen LogP contribution in [0.1, 0.15) is 13.8 Å². The summed E-state index contributed by atoms with van der Waals surface area (Å²) in [5.41, 5.74) is 11.4. The number of rotatable bonds is 4. The molecular weight excluding hydrogens is 206 g/mol. The second kappa shape index (κ2) is 4.30. The number of hydrogen-bond acceptors (Lipinski definition) is 4. The fourth-order valence-electron chi connectivity index (χ4n) is 1.23. The number of benzene rings is 1. The maximum absolute atomic E-state index is 11.2. The summed E-state index contributed by atoms with van der Waals surface area (Å²) in [6.07, 6.45) is 0. The third kappa shape index (κ3) is 2.79. The zero-order valence-corrected chi connectivity index (χ0v) is 9.70. The molecule has 1 aromatic carbocycles. The summed E-state index contributed by atoms with van der Waals surface area (Å²) in [4.78, 5) is 11.2. The minimum Gasteiger partial charge on any atom is -0.497 e. The van der Waals surface area contributed by atoms with Crippen molar-refractivity contribution in [3.05, 3.63) is 18.2 Å². The molecule has 5 nitrogen and oxygen atoms in total. The van der Waals surface area contributed by atoms with E-state index in [2.05, 4.69) is 5.32 Å². The Balaban J connectivity index is 2.97. The van der Waals surface area contributed by atoms with E-state index in [0.717, 1.165) is 0 Å². The van der Waals surface area contributed by atoms with Crippen molar-refractivity contribution in [1.29, 1.82) is 0 Å². The highest BCUT2D eigenvalue weighted by Crippen LogP contribution is 2.24. The molecule has 0 bridgehead atoms. The van der Waals surface area contributed by atoms with E-state index in [1.807, 2.05) is 0 Å². The Bertz CT molecular complexity index is 402. The van der Waals surface area contributed by atoms with E-state index in [9.17, 15) is 4.79 Å². The topological polar surface area (TPSA) is 90.4 Å². The van der Waals surface area contributed by atoms with Gasteiger partial charge in [-0.05, 0) is 19.9 Å². The summed E-state index contributed by atoms with van der Waals surface area (Å²) in [6, 6.07) is 5.16. The fraction of sp³-hybridized carbons (Fsp3) is 0.364. The molecule has 0 aliphatic carbocycles.